The smallest absolute Gasteiger partial charge is 0.126 e. The van der Waals surface area contributed by atoms with E-state index in [4.69, 9.17) is 0 Å². The topological polar surface area (TPSA) is 12.0 Å². The van der Waals surface area contributed by atoms with E-state index in [-0.39, 0.29) is 17.7 Å². The molecule has 1 atom stereocenters. The van der Waals surface area contributed by atoms with Gasteiger partial charge in [-0.15, -0.1) is 0 Å². The fourth-order valence-electron chi connectivity index (χ4n) is 2.10. The molecule has 0 bridgehead atoms. The minimum absolute atomic E-state index is 0.0704. The Labute approximate surface area is 112 Å². The van der Waals surface area contributed by atoms with E-state index >= 15 is 0 Å². The first-order valence-electron chi connectivity index (χ1n) is 6.32. The van der Waals surface area contributed by atoms with Gasteiger partial charge in [-0.25, -0.2) is 8.78 Å². The van der Waals surface area contributed by atoms with Crippen LogP contribution in [0.25, 0.3) is 0 Å². The molecule has 0 saturated carbocycles. The number of anilines is 1. The zero-order valence-electron chi connectivity index (χ0n) is 11.1. The quantitative estimate of drug-likeness (QED) is 0.864. The van der Waals surface area contributed by atoms with Crippen molar-refractivity contribution < 1.29 is 8.78 Å². The molecule has 0 fully saturated rings. The molecule has 19 heavy (non-hydrogen) atoms. The zero-order valence-corrected chi connectivity index (χ0v) is 11.1. The molecule has 1 N–H and O–H groups in total. The molecule has 0 amide bonds. The van der Waals surface area contributed by atoms with Crippen LogP contribution in [0.15, 0.2) is 42.5 Å². The highest BCUT2D eigenvalue weighted by Crippen LogP contribution is 2.18. The van der Waals surface area contributed by atoms with E-state index in [1.54, 1.807) is 18.2 Å². The Morgan fingerprint density at radius 3 is 2.53 bits per heavy atom. The van der Waals surface area contributed by atoms with Crippen LogP contribution in [0.4, 0.5) is 14.5 Å². The van der Waals surface area contributed by atoms with E-state index in [1.165, 1.54) is 18.2 Å². The van der Waals surface area contributed by atoms with Crippen LogP contribution in [0.1, 0.15) is 18.1 Å². The second-order valence-corrected chi connectivity index (χ2v) is 4.80. The third-order valence-corrected chi connectivity index (χ3v) is 3.07. The molecule has 0 aliphatic rings. The second-order valence-electron chi connectivity index (χ2n) is 4.80. The molecular formula is C16H17F2N. The first-order valence-corrected chi connectivity index (χ1v) is 6.32. The van der Waals surface area contributed by atoms with E-state index < -0.39 is 0 Å². The van der Waals surface area contributed by atoms with Crippen LogP contribution < -0.4 is 5.32 Å². The average molecular weight is 261 g/mol. The van der Waals surface area contributed by atoms with Crippen molar-refractivity contribution in [2.75, 3.05) is 5.32 Å². The Bertz CT molecular complexity index is 566. The summed E-state index contributed by atoms with van der Waals surface area (Å²) >= 11 is 0. The zero-order chi connectivity index (χ0) is 13.8. The maximum Gasteiger partial charge on any atom is 0.126 e. The highest BCUT2D eigenvalue weighted by Gasteiger charge is 2.08. The highest BCUT2D eigenvalue weighted by atomic mass is 19.1. The van der Waals surface area contributed by atoms with Gasteiger partial charge in [-0.3, -0.25) is 0 Å². The molecule has 100 valence electrons. The van der Waals surface area contributed by atoms with Gasteiger partial charge in [0.1, 0.15) is 11.6 Å². The fraction of sp³-hybridized carbons (Fsp3) is 0.250. The molecule has 2 rings (SSSR count). The first-order chi connectivity index (χ1) is 9.06. The minimum atomic E-state index is -0.246. The van der Waals surface area contributed by atoms with Gasteiger partial charge in [0.05, 0.1) is 0 Å². The van der Waals surface area contributed by atoms with E-state index in [1.807, 2.05) is 19.9 Å². The Morgan fingerprint density at radius 2 is 1.84 bits per heavy atom. The number of nitrogens with one attached hydrogen (secondary N) is 1. The molecule has 2 aromatic carbocycles. The van der Waals surface area contributed by atoms with Gasteiger partial charge in [-0.1, -0.05) is 18.2 Å². The molecule has 1 unspecified atom stereocenters. The molecule has 0 radical (unpaired) electrons. The Morgan fingerprint density at radius 1 is 1.11 bits per heavy atom. The van der Waals surface area contributed by atoms with Gasteiger partial charge < -0.3 is 5.32 Å². The van der Waals surface area contributed by atoms with Gasteiger partial charge in [0.25, 0.3) is 0 Å². The summed E-state index contributed by atoms with van der Waals surface area (Å²) < 4.78 is 26.6. The largest absolute Gasteiger partial charge is 0.382 e. The number of halogens is 2. The maximum absolute atomic E-state index is 13.5. The predicted octanol–water partition coefficient (Wildman–Crippen LogP) is 4.32. The van der Waals surface area contributed by atoms with Crippen LogP contribution >= 0.6 is 0 Å². The summed E-state index contributed by atoms with van der Waals surface area (Å²) in [5.74, 6) is -0.434. The Kier molecular flexibility index (Phi) is 4.15. The number of benzene rings is 2. The van der Waals surface area contributed by atoms with E-state index in [2.05, 4.69) is 5.32 Å². The molecule has 3 heteroatoms. The summed E-state index contributed by atoms with van der Waals surface area (Å²) in [6.45, 7) is 3.83. The van der Waals surface area contributed by atoms with Gasteiger partial charge in [0.15, 0.2) is 0 Å². The molecule has 0 spiro atoms. The lowest BCUT2D eigenvalue weighted by Gasteiger charge is -2.17. The minimum Gasteiger partial charge on any atom is -0.382 e. The summed E-state index contributed by atoms with van der Waals surface area (Å²) in [5.41, 5.74) is 2.41. The van der Waals surface area contributed by atoms with Crippen molar-refractivity contribution in [2.45, 2.75) is 26.3 Å². The monoisotopic (exact) mass is 261 g/mol. The van der Waals surface area contributed by atoms with Crippen LogP contribution in [0.2, 0.25) is 0 Å². The Balaban J connectivity index is 2.05. The van der Waals surface area contributed by atoms with Crippen LogP contribution in [-0.2, 0) is 6.42 Å². The van der Waals surface area contributed by atoms with Crippen molar-refractivity contribution in [3.8, 4) is 0 Å². The van der Waals surface area contributed by atoms with Crippen LogP contribution in [0.5, 0.6) is 0 Å². The summed E-state index contributed by atoms with van der Waals surface area (Å²) in [4.78, 5) is 0. The van der Waals surface area contributed by atoms with Crippen molar-refractivity contribution in [3.05, 3.63) is 65.2 Å². The van der Waals surface area contributed by atoms with Crippen molar-refractivity contribution in [3.63, 3.8) is 0 Å². The number of aryl methyl sites for hydroxylation is 1. The molecule has 0 aliphatic heterocycles. The number of hydrogen-bond donors (Lipinski definition) is 1. The lowest BCUT2D eigenvalue weighted by atomic mass is 10.1. The molecule has 1 nitrogen and oxygen atoms in total. The number of hydrogen-bond acceptors (Lipinski definition) is 1. The summed E-state index contributed by atoms with van der Waals surface area (Å²) in [6.07, 6.45) is 0.587. The lowest BCUT2D eigenvalue weighted by Crippen LogP contribution is -2.19. The second kappa shape index (κ2) is 5.83. The van der Waals surface area contributed by atoms with E-state index in [0.717, 1.165) is 11.3 Å². The van der Waals surface area contributed by atoms with Crippen molar-refractivity contribution in [1.82, 2.24) is 0 Å². The standard InChI is InChI=1S/C16H17F2N/c1-11-9-14(17)7-8-16(11)19-12(2)10-13-5-3-4-6-15(13)18/h3-9,12,19H,10H2,1-2H3. The van der Waals surface area contributed by atoms with Crippen molar-refractivity contribution in [1.29, 1.82) is 0 Å². The maximum atomic E-state index is 13.5. The number of rotatable bonds is 4. The van der Waals surface area contributed by atoms with Crippen molar-refractivity contribution in [2.24, 2.45) is 0 Å². The summed E-state index contributed by atoms with van der Waals surface area (Å²) in [6, 6.07) is 11.4. The first kappa shape index (κ1) is 13.5. The molecule has 0 saturated heterocycles. The van der Waals surface area contributed by atoms with Gasteiger partial charge in [-0.2, -0.15) is 0 Å². The lowest BCUT2D eigenvalue weighted by molar-refractivity contribution is 0.601. The van der Waals surface area contributed by atoms with Gasteiger partial charge in [0, 0.05) is 11.7 Å². The average Bonchev–Trinajstić information content (AvgIpc) is 2.36. The molecule has 0 aromatic heterocycles. The van der Waals surface area contributed by atoms with Crippen LogP contribution in [0, 0.1) is 18.6 Å². The molecule has 2 aromatic rings. The predicted molar refractivity (Wildman–Crippen MR) is 74.3 cm³/mol. The van der Waals surface area contributed by atoms with Gasteiger partial charge >= 0.3 is 0 Å². The molecule has 0 aliphatic carbocycles. The normalized spacial score (nSPS) is 12.2. The van der Waals surface area contributed by atoms with Crippen molar-refractivity contribution >= 4 is 5.69 Å². The summed E-state index contributed by atoms with van der Waals surface area (Å²) in [7, 11) is 0. The Hall–Kier alpha value is -1.90. The van der Waals surface area contributed by atoms with Crippen LogP contribution in [-0.4, -0.2) is 6.04 Å². The summed E-state index contributed by atoms with van der Waals surface area (Å²) in [5, 5.41) is 3.28. The van der Waals surface area contributed by atoms with Gasteiger partial charge in [-0.05, 0) is 55.7 Å². The van der Waals surface area contributed by atoms with Crippen LogP contribution in [0.3, 0.4) is 0 Å². The third-order valence-electron chi connectivity index (χ3n) is 3.07. The van der Waals surface area contributed by atoms with E-state index in [0.29, 0.717) is 12.0 Å². The molecule has 0 heterocycles. The fourth-order valence-corrected chi connectivity index (χ4v) is 2.10. The highest BCUT2D eigenvalue weighted by molar-refractivity contribution is 5.51. The third kappa shape index (κ3) is 3.53. The SMILES string of the molecule is Cc1cc(F)ccc1NC(C)Cc1ccccc1F. The van der Waals surface area contributed by atoms with E-state index in [9.17, 15) is 8.78 Å². The van der Waals surface area contributed by atoms with Gasteiger partial charge in [0.2, 0.25) is 0 Å². The molecular weight excluding hydrogens is 244 g/mol.